The third-order valence-corrected chi connectivity index (χ3v) is 4.90. The number of aromatic nitrogens is 2. The van der Waals surface area contributed by atoms with E-state index >= 15 is 0 Å². The molecule has 1 saturated heterocycles. The number of rotatable bonds is 3. The summed E-state index contributed by atoms with van der Waals surface area (Å²) in [5, 5.41) is 3.99. The first kappa shape index (κ1) is 16.4. The number of halogens is 1. The highest BCUT2D eigenvalue weighted by Gasteiger charge is 2.35. The molecule has 0 spiro atoms. The normalized spacial score (nSPS) is 17.1. The lowest BCUT2D eigenvalue weighted by Crippen LogP contribution is -2.25. The Labute approximate surface area is 150 Å². The number of amides is 1. The van der Waals surface area contributed by atoms with Gasteiger partial charge in [-0.1, -0.05) is 29.4 Å². The van der Waals surface area contributed by atoms with Gasteiger partial charge in [0.15, 0.2) is 5.82 Å². The van der Waals surface area contributed by atoms with Gasteiger partial charge in [-0.3, -0.25) is 4.79 Å². The molecule has 1 amide bonds. The van der Waals surface area contributed by atoms with Crippen LogP contribution in [0.25, 0.3) is 11.5 Å². The molecule has 3 aromatic rings. The van der Waals surface area contributed by atoms with Gasteiger partial charge in [-0.25, -0.2) is 4.39 Å². The van der Waals surface area contributed by atoms with Crippen molar-refractivity contribution in [3.63, 3.8) is 0 Å². The van der Waals surface area contributed by atoms with Crippen LogP contribution >= 0.6 is 0 Å². The zero-order valence-corrected chi connectivity index (χ0v) is 14.6. The third-order valence-electron chi connectivity index (χ3n) is 4.90. The van der Waals surface area contributed by atoms with Crippen molar-refractivity contribution in [1.82, 2.24) is 10.1 Å². The van der Waals surface area contributed by atoms with Crippen LogP contribution in [0.15, 0.2) is 47.0 Å². The lowest BCUT2D eigenvalue weighted by Gasteiger charge is -2.19. The van der Waals surface area contributed by atoms with E-state index in [2.05, 4.69) is 10.1 Å². The molecular formula is C20H18FN3O2. The maximum atomic E-state index is 13.9. The van der Waals surface area contributed by atoms with E-state index in [9.17, 15) is 9.18 Å². The maximum Gasteiger partial charge on any atom is 0.260 e. The molecular weight excluding hydrogens is 333 g/mol. The molecule has 26 heavy (non-hydrogen) atoms. The summed E-state index contributed by atoms with van der Waals surface area (Å²) >= 11 is 0. The summed E-state index contributed by atoms with van der Waals surface area (Å²) in [5.74, 6) is 0.00924. The summed E-state index contributed by atoms with van der Waals surface area (Å²) in [6.45, 7) is 4.52. The highest BCUT2D eigenvalue weighted by atomic mass is 19.1. The molecule has 2 aromatic carbocycles. The molecule has 4 rings (SSSR count). The van der Waals surface area contributed by atoms with Crippen LogP contribution < -0.4 is 4.90 Å². The minimum absolute atomic E-state index is 0.0286. The number of aryl methyl sites for hydroxylation is 1. The summed E-state index contributed by atoms with van der Waals surface area (Å²) in [4.78, 5) is 18.6. The summed E-state index contributed by atoms with van der Waals surface area (Å²) in [6, 6.07) is 12.2. The summed E-state index contributed by atoms with van der Waals surface area (Å²) in [6.07, 6.45) is 0.309. The predicted octanol–water partition coefficient (Wildman–Crippen LogP) is 4.01. The third kappa shape index (κ3) is 2.77. The smallest absolute Gasteiger partial charge is 0.260 e. The van der Waals surface area contributed by atoms with E-state index in [-0.39, 0.29) is 23.3 Å². The fourth-order valence-electron chi connectivity index (χ4n) is 3.29. The number of nitrogens with zero attached hydrogens (tertiary/aromatic N) is 3. The van der Waals surface area contributed by atoms with Gasteiger partial charge < -0.3 is 9.42 Å². The second-order valence-corrected chi connectivity index (χ2v) is 6.56. The van der Waals surface area contributed by atoms with Crippen molar-refractivity contribution in [3.05, 3.63) is 65.2 Å². The molecule has 1 aromatic heterocycles. The zero-order chi connectivity index (χ0) is 18.3. The van der Waals surface area contributed by atoms with Crippen molar-refractivity contribution in [1.29, 1.82) is 0 Å². The first-order chi connectivity index (χ1) is 12.5. The summed E-state index contributed by atoms with van der Waals surface area (Å²) in [5.41, 5.74) is 3.40. The number of carbonyl (C=O) groups is 1. The van der Waals surface area contributed by atoms with Crippen LogP contribution in [0.2, 0.25) is 0 Å². The van der Waals surface area contributed by atoms with Gasteiger partial charge >= 0.3 is 0 Å². The molecule has 5 nitrogen and oxygen atoms in total. The highest BCUT2D eigenvalue weighted by molar-refractivity contribution is 5.97. The monoisotopic (exact) mass is 351 g/mol. The molecule has 2 heterocycles. The van der Waals surface area contributed by atoms with Crippen LogP contribution in [0, 0.1) is 19.7 Å². The zero-order valence-electron chi connectivity index (χ0n) is 14.6. The van der Waals surface area contributed by atoms with Crippen molar-refractivity contribution in [2.24, 2.45) is 0 Å². The van der Waals surface area contributed by atoms with Crippen LogP contribution in [0.1, 0.15) is 29.3 Å². The molecule has 1 aliphatic heterocycles. The van der Waals surface area contributed by atoms with Gasteiger partial charge in [0.05, 0.1) is 5.56 Å². The number of hydrogen-bond donors (Lipinski definition) is 0. The number of hydrogen-bond acceptors (Lipinski definition) is 4. The standard InChI is InChI=1S/C20H18FN3O2/c1-12-6-5-9-17(13(12)2)24-11-14(10-18(24)25)19-22-20(26-23-19)15-7-3-4-8-16(15)21/h3-9,14H,10-11H2,1-2H3. The van der Waals surface area contributed by atoms with Gasteiger partial charge in [-0.2, -0.15) is 4.98 Å². The largest absolute Gasteiger partial charge is 0.334 e. The second-order valence-electron chi connectivity index (χ2n) is 6.56. The van der Waals surface area contributed by atoms with E-state index in [4.69, 9.17) is 4.52 Å². The van der Waals surface area contributed by atoms with Crippen LogP contribution in [0.4, 0.5) is 10.1 Å². The van der Waals surface area contributed by atoms with E-state index in [0.29, 0.717) is 18.8 Å². The van der Waals surface area contributed by atoms with Crippen LogP contribution in [0.3, 0.4) is 0 Å². The predicted molar refractivity (Wildman–Crippen MR) is 95.3 cm³/mol. The Bertz CT molecular complexity index is 983. The molecule has 0 saturated carbocycles. The van der Waals surface area contributed by atoms with Gasteiger partial charge in [0.25, 0.3) is 5.89 Å². The molecule has 132 valence electrons. The minimum Gasteiger partial charge on any atom is -0.334 e. The van der Waals surface area contributed by atoms with Crippen molar-refractivity contribution in [2.75, 3.05) is 11.4 Å². The van der Waals surface area contributed by atoms with E-state index in [1.165, 1.54) is 6.07 Å². The second kappa shape index (κ2) is 6.37. The van der Waals surface area contributed by atoms with E-state index in [1.54, 1.807) is 23.1 Å². The Balaban J connectivity index is 1.60. The van der Waals surface area contributed by atoms with Crippen molar-refractivity contribution >= 4 is 11.6 Å². The van der Waals surface area contributed by atoms with Crippen molar-refractivity contribution in [3.8, 4) is 11.5 Å². The Kier molecular flexibility index (Phi) is 4.03. The van der Waals surface area contributed by atoms with Gasteiger partial charge in [-0.15, -0.1) is 0 Å². The number of carbonyl (C=O) groups excluding carboxylic acids is 1. The van der Waals surface area contributed by atoms with E-state index < -0.39 is 5.82 Å². The molecule has 1 aliphatic rings. The van der Waals surface area contributed by atoms with Crippen LogP contribution in [-0.4, -0.2) is 22.6 Å². The first-order valence-electron chi connectivity index (χ1n) is 8.49. The van der Waals surface area contributed by atoms with Gasteiger partial charge in [-0.05, 0) is 43.2 Å². The Morgan fingerprint density at radius 1 is 1.15 bits per heavy atom. The first-order valence-corrected chi connectivity index (χ1v) is 8.49. The van der Waals surface area contributed by atoms with E-state index in [1.807, 2.05) is 32.0 Å². The van der Waals surface area contributed by atoms with Crippen LogP contribution in [-0.2, 0) is 4.79 Å². The lowest BCUT2D eigenvalue weighted by molar-refractivity contribution is -0.117. The molecule has 0 aliphatic carbocycles. The number of anilines is 1. The van der Waals surface area contributed by atoms with Crippen molar-refractivity contribution < 1.29 is 13.7 Å². The molecule has 6 heteroatoms. The molecule has 0 bridgehead atoms. The average molecular weight is 351 g/mol. The Morgan fingerprint density at radius 3 is 2.77 bits per heavy atom. The lowest BCUT2D eigenvalue weighted by atomic mass is 10.1. The quantitative estimate of drug-likeness (QED) is 0.715. The van der Waals surface area contributed by atoms with Crippen LogP contribution in [0.5, 0.6) is 0 Å². The highest BCUT2D eigenvalue weighted by Crippen LogP contribution is 2.34. The molecule has 1 unspecified atom stereocenters. The van der Waals surface area contributed by atoms with Gasteiger partial charge in [0, 0.05) is 24.6 Å². The molecule has 1 fully saturated rings. The number of benzene rings is 2. The minimum atomic E-state index is -0.415. The molecule has 1 atom stereocenters. The fourth-order valence-corrected chi connectivity index (χ4v) is 3.29. The average Bonchev–Trinajstić information content (AvgIpc) is 3.25. The topological polar surface area (TPSA) is 59.2 Å². The SMILES string of the molecule is Cc1cccc(N2CC(c3noc(-c4ccccc4F)n3)CC2=O)c1C. The Hall–Kier alpha value is -3.02. The summed E-state index contributed by atoms with van der Waals surface area (Å²) in [7, 11) is 0. The fraction of sp³-hybridized carbons (Fsp3) is 0.250. The van der Waals surface area contributed by atoms with Crippen molar-refractivity contribution in [2.45, 2.75) is 26.2 Å². The van der Waals surface area contributed by atoms with Gasteiger partial charge in [0.1, 0.15) is 5.82 Å². The van der Waals surface area contributed by atoms with Gasteiger partial charge in [0.2, 0.25) is 5.91 Å². The summed E-state index contributed by atoms with van der Waals surface area (Å²) < 4.78 is 19.1. The Morgan fingerprint density at radius 2 is 1.96 bits per heavy atom. The maximum absolute atomic E-state index is 13.9. The molecule has 0 N–H and O–H groups in total. The van der Waals surface area contributed by atoms with E-state index in [0.717, 1.165) is 16.8 Å². The molecule has 0 radical (unpaired) electrons.